The number of likely N-dealkylation sites (N-methyl/N-ethyl adjacent to an activating group) is 1. The van der Waals surface area contributed by atoms with Crippen molar-refractivity contribution in [2.24, 2.45) is 0 Å². The number of fused-ring (bicyclic) bond motifs is 1. The average Bonchev–Trinajstić information content (AvgIpc) is 2.65. The lowest BCUT2D eigenvalue weighted by Crippen LogP contribution is -2.28. The molecule has 1 fully saturated rings. The maximum atomic E-state index is 9.90. The molecule has 1 aromatic carbocycles. The Bertz CT molecular complexity index is 599. The van der Waals surface area contributed by atoms with Crippen LogP contribution in [0.3, 0.4) is 0 Å². The number of pyridine rings is 1. The van der Waals surface area contributed by atoms with Gasteiger partial charge in [-0.15, -0.1) is 0 Å². The zero-order valence-electron chi connectivity index (χ0n) is 11.9. The molecular formula is C16H21N3O. The molecule has 20 heavy (non-hydrogen) atoms. The third kappa shape index (κ3) is 2.92. The first-order chi connectivity index (χ1) is 9.72. The van der Waals surface area contributed by atoms with Crippen LogP contribution in [0.5, 0.6) is 5.75 Å². The van der Waals surface area contributed by atoms with E-state index in [4.69, 9.17) is 0 Å². The number of benzene rings is 1. The molecule has 0 aliphatic carbocycles. The fourth-order valence-electron chi connectivity index (χ4n) is 2.75. The minimum absolute atomic E-state index is 0.264. The van der Waals surface area contributed by atoms with Crippen LogP contribution in [0.25, 0.3) is 10.9 Å². The Labute approximate surface area is 119 Å². The lowest BCUT2D eigenvalue weighted by molar-refractivity contribution is 0.267. The summed E-state index contributed by atoms with van der Waals surface area (Å²) in [5.41, 5.74) is 1.74. The second-order valence-corrected chi connectivity index (χ2v) is 5.58. The molecule has 0 unspecified atom stereocenters. The highest BCUT2D eigenvalue weighted by Crippen LogP contribution is 2.22. The summed E-state index contributed by atoms with van der Waals surface area (Å²) in [5, 5.41) is 10.9. The summed E-state index contributed by atoms with van der Waals surface area (Å²) in [4.78, 5) is 9.43. The molecule has 0 radical (unpaired) electrons. The predicted octanol–water partition coefficient (Wildman–Crippen LogP) is 2.08. The van der Waals surface area contributed by atoms with Crippen molar-refractivity contribution >= 4 is 10.9 Å². The van der Waals surface area contributed by atoms with Crippen molar-refractivity contribution < 1.29 is 5.11 Å². The van der Waals surface area contributed by atoms with Gasteiger partial charge in [-0.25, -0.2) is 4.98 Å². The Morgan fingerprint density at radius 2 is 2.00 bits per heavy atom. The number of hydrogen-bond acceptors (Lipinski definition) is 4. The van der Waals surface area contributed by atoms with E-state index in [9.17, 15) is 5.11 Å². The molecule has 0 spiro atoms. The van der Waals surface area contributed by atoms with E-state index in [2.05, 4.69) is 27.9 Å². The van der Waals surface area contributed by atoms with Crippen LogP contribution >= 0.6 is 0 Å². The SMILES string of the molecule is CN1CCCN(Cc2ccc3cccc(O)c3n2)CC1. The number of para-hydroxylation sites is 1. The molecule has 0 amide bonds. The van der Waals surface area contributed by atoms with Gasteiger partial charge in [-0.2, -0.15) is 0 Å². The summed E-state index contributed by atoms with van der Waals surface area (Å²) in [6.07, 6.45) is 1.20. The summed E-state index contributed by atoms with van der Waals surface area (Å²) in [6.45, 7) is 5.33. The van der Waals surface area contributed by atoms with Crippen molar-refractivity contribution in [3.8, 4) is 5.75 Å². The Balaban J connectivity index is 1.78. The van der Waals surface area contributed by atoms with Crippen LogP contribution in [0.15, 0.2) is 30.3 Å². The van der Waals surface area contributed by atoms with E-state index in [1.54, 1.807) is 6.07 Å². The number of aromatic hydroxyl groups is 1. The van der Waals surface area contributed by atoms with Crippen molar-refractivity contribution in [2.45, 2.75) is 13.0 Å². The molecule has 106 valence electrons. The van der Waals surface area contributed by atoms with E-state index in [0.717, 1.165) is 37.3 Å². The zero-order valence-corrected chi connectivity index (χ0v) is 11.9. The number of phenolic OH excluding ortho intramolecular Hbond substituents is 1. The highest BCUT2D eigenvalue weighted by atomic mass is 16.3. The van der Waals surface area contributed by atoms with Crippen LogP contribution in [0.2, 0.25) is 0 Å². The molecule has 2 heterocycles. The van der Waals surface area contributed by atoms with E-state index in [-0.39, 0.29) is 5.75 Å². The third-order valence-electron chi connectivity index (χ3n) is 3.95. The molecule has 1 aromatic heterocycles. The van der Waals surface area contributed by atoms with Gasteiger partial charge in [0, 0.05) is 25.0 Å². The van der Waals surface area contributed by atoms with Crippen molar-refractivity contribution in [2.75, 3.05) is 33.2 Å². The first-order valence-electron chi connectivity index (χ1n) is 7.21. The van der Waals surface area contributed by atoms with Crippen molar-refractivity contribution in [1.29, 1.82) is 0 Å². The van der Waals surface area contributed by atoms with E-state index < -0.39 is 0 Å². The summed E-state index contributed by atoms with van der Waals surface area (Å²) in [6, 6.07) is 9.63. The van der Waals surface area contributed by atoms with Gasteiger partial charge in [0.05, 0.1) is 5.69 Å². The van der Waals surface area contributed by atoms with Gasteiger partial charge in [-0.05, 0) is 38.7 Å². The van der Waals surface area contributed by atoms with Crippen molar-refractivity contribution in [3.05, 3.63) is 36.0 Å². The standard InChI is InChI=1S/C16H21N3O/c1-18-8-3-9-19(11-10-18)12-14-7-6-13-4-2-5-15(20)16(13)17-14/h2,4-7,20H,3,8-12H2,1H3. The Morgan fingerprint density at radius 3 is 2.90 bits per heavy atom. The van der Waals surface area contributed by atoms with Crippen LogP contribution < -0.4 is 0 Å². The topological polar surface area (TPSA) is 39.6 Å². The van der Waals surface area contributed by atoms with Gasteiger partial charge in [0.25, 0.3) is 0 Å². The summed E-state index contributed by atoms with van der Waals surface area (Å²) in [5.74, 6) is 0.264. The maximum Gasteiger partial charge on any atom is 0.141 e. The summed E-state index contributed by atoms with van der Waals surface area (Å²) < 4.78 is 0. The van der Waals surface area contributed by atoms with Gasteiger partial charge in [-0.3, -0.25) is 4.90 Å². The molecule has 1 aliphatic rings. The van der Waals surface area contributed by atoms with Crippen molar-refractivity contribution in [3.63, 3.8) is 0 Å². The Kier molecular flexibility index (Phi) is 3.85. The van der Waals surface area contributed by atoms with Crippen LogP contribution in [-0.4, -0.2) is 53.1 Å². The first kappa shape index (κ1) is 13.3. The minimum Gasteiger partial charge on any atom is -0.506 e. The van der Waals surface area contributed by atoms with Crippen LogP contribution in [0, 0.1) is 0 Å². The Hall–Kier alpha value is -1.65. The molecule has 4 heteroatoms. The number of rotatable bonds is 2. The summed E-state index contributed by atoms with van der Waals surface area (Å²) in [7, 11) is 2.18. The fraction of sp³-hybridized carbons (Fsp3) is 0.438. The quantitative estimate of drug-likeness (QED) is 0.908. The number of aromatic nitrogens is 1. The Morgan fingerprint density at radius 1 is 1.10 bits per heavy atom. The number of hydrogen-bond donors (Lipinski definition) is 1. The molecular weight excluding hydrogens is 250 g/mol. The molecule has 2 aromatic rings. The van der Waals surface area contributed by atoms with Crippen LogP contribution in [-0.2, 0) is 6.54 Å². The molecule has 1 aliphatic heterocycles. The van der Waals surface area contributed by atoms with Gasteiger partial charge in [0.2, 0.25) is 0 Å². The normalized spacial score (nSPS) is 18.2. The van der Waals surface area contributed by atoms with E-state index in [1.165, 1.54) is 13.0 Å². The highest BCUT2D eigenvalue weighted by Gasteiger charge is 2.13. The van der Waals surface area contributed by atoms with E-state index in [1.807, 2.05) is 18.2 Å². The maximum absolute atomic E-state index is 9.90. The van der Waals surface area contributed by atoms with Crippen LogP contribution in [0.4, 0.5) is 0 Å². The predicted molar refractivity (Wildman–Crippen MR) is 80.8 cm³/mol. The first-order valence-corrected chi connectivity index (χ1v) is 7.21. The van der Waals surface area contributed by atoms with Crippen LogP contribution in [0.1, 0.15) is 12.1 Å². The smallest absolute Gasteiger partial charge is 0.141 e. The molecule has 0 saturated carbocycles. The van der Waals surface area contributed by atoms with Gasteiger partial charge >= 0.3 is 0 Å². The molecule has 0 atom stereocenters. The molecule has 1 N–H and O–H groups in total. The lowest BCUT2D eigenvalue weighted by atomic mass is 10.2. The third-order valence-corrected chi connectivity index (χ3v) is 3.95. The fourth-order valence-corrected chi connectivity index (χ4v) is 2.75. The van der Waals surface area contributed by atoms with Crippen molar-refractivity contribution in [1.82, 2.24) is 14.8 Å². The highest BCUT2D eigenvalue weighted by molar-refractivity contribution is 5.84. The second-order valence-electron chi connectivity index (χ2n) is 5.58. The van der Waals surface area contributed by atoms with Gasteiger partial charge in [0.15, 0.2) is 0 Å². The van der Waals surface area contributed by atoms with Gasteiger partial charge in [-0.1, -0.05) is 18.2 Å². The van der Waals surface area contributed by atoms with E-state index >= 15 is 0 Å². The molecule has 0 bridgehead atoms. The molecule has 4 nitrogen and oxygen atoms in total. The zero-order chi connectivity index (χ0) is 13.9. The minimum atomic E-state index is 0.264. The monoisotopic (exact) mass is 271 g/mol. The van der Waals surface area contributed by atoms with Gasteiger partial charge < -0.3 is 10.0 Å². The number of nitrogens with zero attached hydrogens (tertiary/aromatic N) is 3. The second kappa shape index (κ2) is 5.77. The number of phenols is 1. The molecule has 1 saturated heterocycles. The summed E-state index contributed by atoms with van der Waals surface area (Å²) >= 11 is 0. The average molecular weight is 271 g/mol. The largest absolute Gasteiger partial charge is 0.506 e. The van der Waals surface area contributed by atoms with E-state index in [0.29, 0.717) is 5.52 Å². The molecule has 3 rings (SSSR count). The van der Waals surface area contributed by atoms with Gasteiger partial charge in [0.1, 0.15) is 11.3 Å². The lowest BCUT2D eigenvalue weighted by Gasteiger charge is -2.19.